The van der Waals surface area contributed by atoms with E-state index in [-0.39, 0.29) is 5.75 Å². The molecular weight excluding hydrogens is 276 g/mol. The smallest absolute Gasteiger partial charge is 0.218 e. The fourth-order valence-electron chi connectivity index (χ4n) is 2.32. The van der Waals surface area contributed by atoms with Crippen LogP contribution in [0, 0.1) is 11.3 Å². The molecule has 0 aliphatic carbocycles. The number of benzene rings is 1. The number of rotatable bonds is 3. The van der Waals surface area contributed by atoms with E-state index in [1.54, 1.807) is 24.3 Å². The second-order valence-corrected chi connectivity index (χ2v) is 7.40. The van der Waals surface area contributed by atoms with Crippen molar-refractivity contribution in [3.8, 4) is 6.07 Å². The normalized spacial score (nSPS) is 19.4. The third-order valence-electron chi connectivity index (χ3n) is 3.34. The second-order valence-electron chi connectivity index (χ2n) is 5.50. The fraction of sp³-hybridized carbons (Fsp3) is 0.500. The molecule has 1 aromatic rings. The SMILES string of the molecule is CC1(C)COCCN1S(=O)(=O)Cc1ccc(C#N)cc1. The summed E-state index contributed by atoms with van der Waals surface area (Å²) in [6.45, 7) is 4.94. The molecular formula is C14H18N2O3S. The molecule has 1 aliphatic heterocycles. The third-order valence-corrected chi connectivity index (χ3v) is 5.38. The number of hydrogen-bond donors (Lipinski definition) is 0. The Kier molecular flexibility index (Phi) is 4.14. The highest BCUT2D eigenvalue weighted by Gasteiger charge is 2.38. The van der Waals surface area contributed by atoms with Gasteiger partial charge in [-0.25, -0.2) is 8.42 Å². The van der Waals surface area contributed by atoms with E-state index in [9.17, 15) is 8.42 Å². The molecule has 0 N–H and O–H groups in total. The van der Waals surface area contributed by atoms with Gasteiger partial charge >= 0.3 is 0 Å². The molecule has 5 nitrogen and oxygen atoms in total. The average Bonchev–Trinajstić information content (AvgIpc) is 2.38. The molecule has 0 amide bonds. The molecule has 0 aromatic heterocycles. The lowest BCUT2D eigenvalue weighted by atomic mass is 10.1. The Hall–Kier alpha value is -1.42. The number of nitrogens with zero attached hydrogens (tertiary/aromatic N) is 2. The first kappa shape index (κ1) is 15.0. The van der Waals surface area contributed by atoms with Gasteiger partial charge < -0.3 is 4.74 Å². The van der Waals surface area contributed by atoms with E-state index in [1.165, 1.54) is 4.31 Å². The van der Waals surface area contributed by atoms with E-state index in [0.717, 1.165) is 0 Å². The van der Waals surface area contributed by atoms with Crippen molar-refractivity contribution in [3.63, 3.8) is 0 Å². The predicted molar refractivity (Wildman–Crippen MR) is 75.4 cm³/mol. The van der Waals surface area contributed by atoms with Crippen molar-refractivity contribution >= 4 is 10.0 Å². The maximum atomic E-state index is 12.5. The van der Waals surface area contributed by atoms with Crippen LogP contribution in [0.3, 0.4) is 0 Å². The van der Waals surface area contributed by atoms with Gasteiger partial charge in [-0.2, -0.15) is 9.57 Å². The van der Waals surface area contributed by atoms with Gasteiger partial charge in [0.25, 0.3) is 0 Å². The zero-order valence-electron chi connectivity index (χ0n) is 11.7. The van der Waals surface area contributed by atoms with Crippen LogP contribution in [0.4, 0.5) is 0 Å². The van der Waals surface area contributed by atoms with Crippen LogP contribution >= 0.6 is 0 Å². The lowest BCUT2D eigenvalue weighted by Gasteiger charge is -2.40. The van der Waals surface area contributed by atoms with Crippen LogP contribution in [-0.2, 0) is 20.5 Å². The molecule has 1 saturated heterocycles. The predicted octanol–water partition coefficient (Wildman–Crippen LogP) is 1.50. The standard InChI is InChI=1S/C14H18N2O3S/c1-14(2)11-19-8-7-16(14)20(17,18)10-13-5-3-12(9-15)4-6-13/h3-6H,7-8,10-11H2,1-2H3. The largest absolute Gasteiger partial charge is 0.378 e. The van der Waals surface area contributed by atoms with Crippen LogP contribution in [0.2, 0.25) is 0 Å². The molecule has 1 aliphatic rings. The molecule has 20 heavy (non-hydrogen) atoms. The molecule has 0 saturated carbocycles. The summed E-state index contributed by atoms with van der Waals surface area (Å²) in [5, 5.41) is 8.74. The van der Waals surface area contributed by atoms with E-state index in [1.807, 2.05) is 19.9 Å². The second kappa shape index (κ2) is 5.52. The first-order valence-corrected chi connectivity index (χ1v) is 8.03. The van der Waals surface area contributed by atoms with Gasteiger partial charge in [-0.1, -0.05) is 12.1 Å². The quantitative estimate of drug-likeness (QED) is 0.847. The Morgan fingerprint density at radius 1 is 1.35 bits per heavy atom. The topological polar surface area (TPSA) is 70.4 Å². The van der Waals surface area contributed by atoms with Crippen LogP contribution in [0.15, 0.2) is 24.3 Å². The summed E-state index contributed by atoms with van der Waals surface area (Å²) >= 11 is 0. The van der Waals surface area contributed by atoms with Crippen LogP contribution in [-0.4, -0.2) is 38.0 Å². The minimum absolute atomic E-state index is 0.0534. The van der Waals surface area contributed by atoms with E-state index in [2.05, 4.69) is 0 Å². The van der Waals surface area contributed by atoms with Gasteiger partial charge in [0.2, 0.25) is 10.0 Å². The highest BCUT2D eigenvalue weighted by Crippen LogP contribution is 2.25. The minimum atomic E-state index is -3.39. The summed E-state index contributed by atoms with van der Waals surface area (Å²) in [6, 6.07) is 8.65. The number of ether oxygens (including phenoxy) is 1. The van der Waals surface area contributed by atoms with Gasteiger partial charge in [-0.3, -0.25) is 0 Å². The third kappa shape index (κ3) is 3.18. The maximum absolute atomic E-state index is 12.5. The summed E-state index contributed by atoms with van der Waals surface area (Å²) in [6.07, 6.45) is 0. The van der Waals surface area contributed by atoms with Gasteiger partial charge in [-0.15, -0.1) is 0 Å². The average molecular weight is 294 g/mol. The number of morpholine rings is 1. The van der Waals surface area contributed by atoms with E-state index >= 15 is 0 Å². The summed E-state index contributed by atoms with van der Waals surface area (Å²) in [7, 11) is -3.39. The first-order valence-electron chi connectivity index (χ1n) is 6.42. The molecule has 108 valence electrons. The fourth-order valence-corrected chi connectivity index (χ4v) is 4.25. The Morgan fingerprint density at radius 3 is 2.55 bits per heavy atom. The summed E-state index contributed by atoms with van der Waals surface area (Å²) in [5.41, 5.74) is 0.688. The van der Waals surface area contributed by atoms with Crippen molar-refractivity contribution in [1.29, 1.82) is 5.26 Å². The molecule has 0 atom stereocenters. The molecule has 2 rings (SSSR count). The monoisotopic (exact) mass is 294 g/mol. The van der Waals surface area contributed by atoms with Crippen molar-refractivity contribution in [2.75, 3.05) is 19.8 Å². The van der Waals surface area contributed by atoms with Crippen LogP contribution < -0.4 is 0 Å². The molecule has 0 unspecified atom stereocenters. The van der Waals surface area contributed by atoms with Gasteiger partial charge in [0.1, 0.15) is 0 Å². The summed E-state index contributed by atoms with van der Waals surface area (Å²) < 4.78 is 31.9. The molecule has 1 fully saturated rings. The molecule has 0 bridgehead atoms. The number of hydrogen-bond acceptors (Lipinski definition) is 4. The van der Waals surface area contributed by atoms with Gasteiger partial charge in [0.05, 0.1) is 36.1 Å². The first-order chi connectivity index (χ1) is 9.35. The van der Waals surface area contributed by atoms with Gasteiger partial charge in [0.15, 0.2) is 0 Å². The Bertz CT molecular complexity index is 615. The van der Waals surface area contributed by atoms with Crippen molar-refractivity contribution in [2.24, 2.45) is 0 Å². The van der Waals surface area contributed by atoms with Crippen molar-refractivity contribution in [3.05, 3.63) is 35.4 Å². The summed E-state index contributed by atoms with van der Waals surface area (Å²) in [4.78, 5) is 0. The molecule has 6 heteroatoms. The lowest BCUT2D eigenvalue weighted by Crippen LogP contribution is -2.55. The lowest BCUT2D eigenvalue weighted by molar-refractivity contribution is -0.00777. The Labute approximate surface area is 119 Å². The van der Waals surface area contributed by atoms with Gasteiger partial charge in [-0.05, 0) is 31.5 Å². The van der Waals surface area contributed by atoms with Crippen LogP contribution in [0.5, 0.6) is 0 Å². The van der Waals surface area contributed by atoms with E-state index in [4.69, 9.17) is 10.00 Å². The molecule has 1 heterocycles. The molecule has 0 spiro atoms. The van der Waals surface area contributed by atoms with Crippen molar-refractivity contribution < 1.29 is 13.2 Å². The zero-order valence-corrected chi connectivity index (χ0v) is 12.5. The highest BCUT2D eigenvalue weighted by atomic mass is 32.2. The maximum Gasteiger partial charge on any atom is 0.218 e. The summed E-state index contributed by atoms with van der Waals surface area (Å²) in [5.74, 6) is -0.0534. The van der Waals surface area contributed by atoms with Crippen LogP contribution in [0.1, 0.15) is 25.0 Å². The highest BCUT2D eigenvalue weighted by molar-refractivity contribution is 7.88. The van der Waals surface area contributed by atoms with Crippen LogP contribution in [0.25, 0.3) is 0 Å². The minimum Gasteiger partial charge on any atom is -0.378 e. The van der Waals surface area contributed by atoms with E-state index < -0.39 is 15.6 Å². The molecule has 1 aromatic carbocycles. The van der Waals surface area contributed by atoms with Crippen molar-refractivity contribution in [1.82, 2.24) is 4.31 Å². The van der Waals surface area contributed by atoms with Crippen molar-refractivity contribution in [2.45, 2.75) is 25.1 Å². The van der Waals surface area contributed by atoms with Gasteiger partial charge in [0, 0.05) is 6.54 Å². The molecule has 0 radical (unpaired) electrons. The zero-order chi connectivity index (χ0) is 14.8. The number of sulfonamides is 1. The Balaban J connectivity index is 2.20. The Morgan fingerprint density at radius 2 is 2.00 bits per heavy atom. The number of nitriles is 1. The van der Waals surface area contributed by atoms with E-state index in [0.29, 0.717) is 30.9 Å².